The third-order valence-corrected chi connectivity index (χ3v) is 3.05. The molecule has 0 heterocycles. The first-order valence-corrected chi connectivity index (χ1v) is 6.55. The van der Waals surface area contributed by atoms with Crippen LogP contribution in [0.4, 0.5) is 8.78 Å². The Bertz CT molecular complexity index is 650. The van der Waals surface area contributed by atoms with Crippen LogP contribution < -0.4 is 5.32 Å². The van der Waals surface area contributed by atoms with E-state index in [1.54, 1.807) is 37.3 Å². The van der Waals surface area contributed by atoms with Gasteiger partial charge in [0.1, 0.15) is 11.6 Å². The first-order chi connectivity index (χ1) is 10.1. The van der Waals surface area contributed by atoms with Gasteiger partial charge in [-0.15, -0.1) is 0 Å². The number of benzene rings is 2. The van der Waals surface area contributed by atoms with Gasteiger partial charge in [0.05, 0.1) is 6.04 Å². The van der Waals surface area contributed by atoms with E-state index in [0.29, 0.717) is 5.56 Å². The molecule has 0 spiro atoms. The van der Waals surface area contributed by atoms with Crippen molar-refractivity contribution in [3.8, 4) is 0 Å². The second-order valence-corrected chi connectivity index (χ2v) is 4.64. The van der Waals surface area contributed by atoms with Crippen LogP contribution in [0.2, 0.25) is 0 Å². The van der Waals surface area contributed by atoms with Crippen LogP contribution >= 0.6 is 0 Å². The summed E-state index contributed by atoms with van der Waals surface area (Å²) in [7, 11) is 0. The number of amides is 1. The molecular weight excluding hydrogens is 272 g/mol. The average molecular weight is 287 g/mol. The minimum atomic E-state index is -0.381. The summed E-state index contributed by atoms with van der Waals surface area (Å²) in [6, 6.07) is 11.8. The SMILES string of the molecule is C[C@@H](NC(=O)/C=C/c1ccccc1F)c1ccc(F)cc1. The molecule has 0 aliphatic heterocycles. The minimum absolute atomic E-state index is 0.261. The van der Waals surface area contributed by atoms with E-state index in [2.05, 4.69) is 5.32 Å². The Morgan fingerprint density at radius 1 is 1.10 bits per heavy atom. The smallest absolute Gasteiger partial charge is 0.244 e. The maximum Gasteiger partial charge on any atom is 0.244 e. The third-order valence-electron chi connectivity index (χ3n) is 3.05. The van der Waals surface area contributed by atoms with Gasteiger partial charge in [-0.1, -0.05) is 30.3 Å². The van der Waals surface area contributed by atoms with Crippen LogP contribution in [0.25, 0.3) is 6.08 Å². The second-order valence-electron chi connectivity index (χ2n) is 4.64. The predicted octanol–water partition coefficient (Wildman–Crippen LogP) is 3.86. The van der Waals surface area contributed by atoms with Gasteiger partial charge in [-0.2, -0.15) is 0 Å². The molecule has 0 saturated heterocycles. The third kappa shape index (κ3) is 4.24. The summed E-state index contributed by atoms with van der Waals surface area (Å²) in [5.41, 5.74) is 1.14. The molecule has 1 atom stereocenters. The Kier molecular flexibility index (Phi) is 4.82. The number of hydrogen-bond acceptors (Lipinski definition) is 1. The predicted molar refractivity (Wildman–Crippen MR) is 78.4 cm³/mol. The molecule has 1 amide bonds. The van der Waals surface area contributed by atoms with Gasteiger partial charge >= 0.3 is 0 Å². The molecule has 0 fully saturated rings. The van der Waals surface area contributed by atoms with Gasteiger partial charge in [-0.25, -0.2) is 8.78 Å². The van der Waals surface area contributed by atoms with Crippen molar-refractivity contribution in [3.63, 3.8) is 0 Å². The van der Waals surface area contributed by atoms with E-state index in [4.69, 9.17) is 0 Å². The molecule has 2 aromatic rings. The van der Waals surface area contributed by atoms with Gasteiger partial charge < -0.3 is 5.32 Å². The topological polar surface area (TPSA) is 29.1 Å². The fourth-order valence-electron chi connectivity index (χ4n) is 1.87. The molecule has 108 valence electrons. The Morgan fingerprint density at radius 3 is 2.43 bits per heavy atom. The van der Waals surface area contributed by atoms with Crippen LogP contribution in [0, 0.1) is 11.6 Å². The fourth-order valence-corrected chi connectivity index (χ4v) is 1.87. The van der Waals surface area contributed by atoms with Gasteiger partial charge in [0.2, 0.25) is 5.91 Å². The number of nitrogens with one attached hydrogen (secondary N) is 1. The molecule has 0 aromatic heterocycles. The molecule has 2 aromatic carbocycles. The van der Waals surface area contributed by atoms with Crippen LogP contribution in [0.3, 0.4) is 0 Å². The molecule has 0 aliphatic carbocycles. The number of carbonyl (C=O) groups is 1. The van der Waals surface area contributed by atoms with Crippen molar-refractivity contribution >= 4 is 12.0 Å². The highest BCUT2D eigenvalue weighted by atomic mass is 19.1. The number of rotatable bonds is 4. The normalized spacial score (nSPS) is 12.3. The van der Waals surface area contributed by atoms with Crippen LogP contribution in [-0.4, -0.2) is 5.91 Å². The first kappa shape index (κ1) is 14.9. The van der Waals surface area contributed by atoms with E-state index < -0.39 is 0 Å². The summed E-state index contributed by atoms with van der Waals surface area (Å²) in [4.78, 5) is 11.8. The summed E-state index contributed by atoms with van der Waals surface area (Å²) in [5, 5.41) is 2.73. The van der Waals surface area contributed by atoms with Crippen molar-refractivity contribution in [3.05, 3.63) is 77.4 Å². The lowest BCUT2D eigenvalue weighted by Gasteiger charge is -2.12. The monoisotopic (exact) mass is 287 g/mol. The molecule has 0 saturated carbocycles. The van der Waals surface area contributed by atoms with Crippen molar-refractivity contribution in [1.29, 1.82) is 0 Å². The van der Waals surface area contributed by atoms with Gasteiger partial charge in [0.25, 0.3) is 0 Å². The standard InChI is InChI=1S/C17H15F2NO/c1-12(13-6-9-15(18)10-7-13)20-17(21)11-8-14-4-2-3-5-16(14)19/h2-12H,1H3,(H,20,21)/b11-8+/t12-/m1/s1. The minimum Gasteiger partial charge on any atom is -0.346 e. The Morgan fingerprint density at radius 2 is 1.76 bits per heavy atom. The van der Waals surface area contributed by atoms with Gasteiger partial charge in [0.15, 0.2) is 0 Å². The molecule has 0 aliphatic rings. The van der Waals surface area contributed by atoms with E-state index >= 15 is 0 Å². The van der Waals surface area contributed by atoms with E-state index in [-0.39, 0.29) is 23.6 Å². The lowest BCUT2D eigenvalue weighted by atomic mass is 10.1. The van der Waals surface area contributed by atoms with Crippen LogP contribution in [0.15, 0.2) is 54.6 Å². The molecular formula is C17H15F2NO. The molecule has 2 nitrogen and oxygen atoms in total. The zero-order chi connectivity index (χ0) is 15.2. The lowest BCUT2D eigenvalue weighted by molar-refractivity contribution is -0.117. The van der Waals surface area contributed by atoms with Crippen LogP contribution in [-0.2, 0) is 4.79 Å². The van der Waals surface area contributed by atoms with E-state index in [1.807, 2.05) is 0 Å². The summed E-state index contributed by atoms with van der Waals surface area (Å²) in [6.07, 6.45) is 2.69. The molecule has 0 bridgehead atoms. The fraction of sp³-hybridized carbons (Fsp3) is 0.118. The van der Waals surface area contributed by atoms with Crippen molar-refractivity contribution in [2.75, 3.05) is 0 Å². The maximum atomic E-state index is 13.4. The summed E-state index contributed by atoms with van der Waals surface area (Å²) in [6.45, 7) is 1.79. The highest BCUT2D eigenvalue weighted by Gasteiger charge is 2.07. The summed E-state index contributed by atoms with van der Waals surface area (Å²) >= 11 is 0. The van der Waals surface area contributed by atoms with Gasteiger partial charge in [0, 0.05) is 11.6 Å². The van der Waals surface area contributed by atoms with E-state index in [9.17, 15) is 13.6 Å². The van der Waals surface area contributed by atoms with Crippen molar-refractivity contribution in [2.45, 2.75) is 13.0 Å². The van der Waals surface area contributed by atoms with Crippen molar-refractivity contribution in [1.82, 2.24) is 5.32 Å². The van der Waals surface area contributed by atoms with Crippen molar-refractivity contribution in [2.24, 2.45) is 0 Å². The number of hydrogen-bond donors (Lipinski definition) is 1. The highest BCUT2D eigenvalue weighted by Crippen LogP contribution is 2.13. The van der Waals surface area contributed by atoms with Gasteiger partial charge in [-0.05, 0) is 36.8 Å². The largest absolute Gasteiger partial charge is 0.346 e. The molecule has 0 radical (unpaired) electrons. The van der Waals surface area contributed by atoms with Crippen molar-refractivity contribution < 1.29 is 13.6 Å². The van der Waals surface area contributed by atoms with Crippen LogP contribution in [0.1, 0.15) is 24.1 Å². The number of carbonyl (C=O) groups excluding carboxylic acids is 1. The Labute approximate surface area is 122 Å². The Hall–Kier alpha value is -2.49. The lowest BCUT2D eigenvalue weighted by Crippen LogP contribution is -2.24. The van der Waals surface area contributed by atoms with Crippen LogP contribution in [0.5, 0.6) is 0 Å². The van der Waals surface area contributed by atoms with E-state index in [0.717, 1.165) is 5.56 Å². The Balaban J connectivity index is 1.98. The molecule has 0 unspecified atom stereocenters. The zero-order valence-corrected chi connectivity index (χ0v) is 11.5. The molecule has 2 rings (SSSR count). The van der Waals surface area contributed by atoms with Gasteiger partial charge in [-0.3, -0.25) is 4.79 Å². The summed E-state index contributed by atoms with van der Waals surface area (Å²) < 4.78 is 26.2. The molecule has 1 N–H and O–H groups in total. The average Bonchev–Trinajstić information content (AvgIpc) is 2.47. The quantitative estimate of drug-likeness (QED) is 0.850. The zero-order valence-electron chi connectivity index (χ0n) is 11.5. The first-order valence-electron chi connectivity index (χ1n) is 6.55. The maximum absolute atomic E-state index is 13.4. The highest BCUT2D eigenvalue weighted by molar-refractivity contribution is 5.92. The van der Waals surface area contributed by atoms with E-state index in [1.165, 1.54) is 30.4 Å². The molecule has 21 heavy (non-hydrogen) atoms. The number of halogens is 2. The summed E-state index contributed by atoms with van der Waals surface area (Å²) in [5.74, 6) is -1.04. The second kappa shape index (κ2) is 6.79. The molecule has 4 heteroatoms.